The Balaban J connectivity index is 2.13. The summed E-state index contributed by atoms with van der Waals surface area (Å²) in [6, 6.07) is 10.7. The fraction of sp³-hybridized carbons (Fsp3) is 0.278. The molecule has 23 heavy (non-hydrogen) atoms. The highest BCUT2D eigenvalue weighted by molar-refractivity contribution is 5.96. The number of aromatic nitrogens is 1. The van der Waals surface area contributed by atoms with Crippen molar-refractivity contribution in [1.29, 1.82) is 0 Å². The highest BCUT2D eigenvalue weighted by Crippen LogP contribution is 2.17. The Morgan fingerprint density at radius 3 is 2.57 bits per heavy atom. The zero-order valence-electron chi connectivity index (χ0n) is 13.5. The summed E-state index contributed by atoms with van der Waals surface area (Å²) < 4.78 is 0. The minimum atomic E-state index is -1.08. The van der Waals surface area contributed by atoms with Gasteiger partial charge in [0, 0.05) is 11.7 Å². The number of rotatable bonds is 5. The number of benzene rings is 1. The SMILES string of the molecule is Cc1ccccc1CC(C)(C)NC(=O)c1cc(C(=O)O)ccn1. The first-order valence-electron chi connectivity index (χ1n) is 7.35. The maximum absolute atomic E-state index is 12.3. The molecule has 2 aromatic rings. The third-order valence-electron chi connectivity index (χ3n) is 3.59. The monoisotopic (exact) mass is 312 g/mol. The number of carbonyl (C=O) groups excluding carboxylic acids is 1. The van der Waals surface area contributed by atoms with Crippen LogP contribution >= 0.6 is 0 Å². The Morgan fingerprint density at radius 1 is 1.22 bits per heavy atom. The number of carbonyl (C=O) groups is 2. The Bertz CT molecular complexity index is 739. The van der Waals surface area contributed by atoms with Gasteiger partial charge in [-0.25, -0.2) is 4.79 Å². The second-order valence-electron chi connectivity index (χ2n) is 6.18. The molecule has 1 aromatic heterocycles. The van der Waals surface area contributed by atoms with E-state index in [1.807, 2.05) is 45.0 Å². The molecule has 5 heteroatoms. The Hall–Kier alpha value is -2.69. The van der Waals surface area contributed by atoms with Crippen LogP contribution in [0.3, 0.4) is 0 Å². The molecule has 120 valence electrons. The van der Waals surface area contributed by atoms with Gasteiger partial charge < -0.3 is 10.4 Å². The highest BCUT2D eigenvalue weighted by atomic mass is 16.4. The van der Waals surface area contributed by atoms with Crippen LogP contribution in [0.2, 0.25) is 0 Å². The van der Waals surface area contributed by atoms with E-state index in [1.165, 1.54) is 23.9 Å². The van der Waals surface area contributed by atoms with Crippen LogP contribution in [0.1, 0.15) is 45.8 Å². The molecule has 0 fully saturated rings. The Morgan fingerprint density at radius 2 is 1.91 bits per heavy atom. The standard InChI is InChI=1S/C18H20N2O3/c1-12-6-4-5-7-14(12)11-18(2,3)20-16(21)15-10-13(17(22)23)8-9-19-15/h4-10H,11H2,1-3H3,(H,20,21)(H,22,23). The van der Waals surface area contributed by atoms with Crippen molar-refractivity contribution in [3.8, 4) is 0 Å². The number of hydrogen-bond acceptors (Lipinski definition) is 3. The number of nitrogens with one attached hydrogen (secondary N) is 1. The molecule has 0 saturated carbocycles. The zero-order valence-corrected chi connectivity index (χ0v) is 13.5. The molecule has 0 saturated heterocycles. The number of nitrogens with zero attached hydrogens (tertiary/aromatic N) is 1. The van der Waals surface area contributed by atoms with Crippen molar-refractivity contribution in [2.75, 3.05) is 0 Å². The number of aryl methyl sites for hydroxylation is 1. The van der Waals surface area contributed by atoms with E-state index >= 15 is 0 Å². The predicted octanol–water partition coefficient (Wildman–Crippen LogP) is 2.84. The van der Waals surface area contributed by atoms with E-state index < -0.39 is 11.5 Å². The molecule has 0 aliphatic heterocycles. The zero-order chi connectivity index (χ0) is 17.0. The van der Waals surface area contributed by atoms with E-state index in [-0.39, 0.29) is 17.2 Å². The molecule has 0 radical (unpaired) electrons. The van der Waals surface area contributed by atoms with Crippen LogP contribution in [-0.4, -0.2) is 27.5 Å². The van der Waals surface area contributed by atoms with Gasteiger partial charge in [-0.2, -0.15) is 0 Å². The molecule has 0 bridgehead atoms. The van der Waals surface area contributed by atoms with E-state index in [2.05, 4.69) is 10.3 Å². The van der Waals surface area contributed by atoms with Crippen molar-refractivity contribution >= 4 is 11.9 Å². The molecular weight excluding hydrogens is 292 g/mol. The minimum absolute atomic E-state index is 0.0434. The minimum Gasteiger partial charge on any atom is -0.478 e. The first-order chi connectivity index (χ1) is 10.8. The quantitative estimate of drug-likeness (QED) is 0.889. The van der Waals surface area contributed by atoms with Gasteiger partial charge in [0.25, 0.3) is 5.91 Å². The van der Waals surface area contributed by atoms with Crippen molar-refractivity contribution in [2.45, 2.75) is 32.7 Å². The molecule has 2 N–H and O–H groups in total. The summed E-state index contributed by atoms with van der Waals surface area (Å²) >= 11 is 0. The number of hydrogen-bond donors (Lipinski definition) is 2. The van der Waals surface area contributed by atoms with Crippen molar-refractivity contribution < 1.29 is 14.7 Å². The average Bonchev–Trinajstić information content (AvgIpc) is 2.49. The molecule has 1 aromatic carbocycles. The lowest BCUT2D eigenvalue weighted by molar-refractivity contribution is 0.0696. The molecule has 0 aliphatic carbocycles. The summed E-state index contributed by atoms with van der Waals surface area (Å²) in [6.07, 6.45) is 2.00. The Kier molecular flexibility index (Phi) is 4.79. The maximum atomic E-state index is 12.3. The fourth-order valence-corrected chi connectivity index (χ4v) is 2.39. The van der Waals surface area contributed by atoms with Crippen molar-refractivity contribution in [1.82, 2.24) is 10.3 Å². The molecule has 0 unspecified atom stereocenters. The van der Waals surface area contributed by atoms with Gasteiger partial charge in [0.15, 0.2) is 0 Å². The summed E-state index contributed by atoms with van der Waals surface area (Å²) in [5, 5.41) is 11.9. The third-order valence-corrected chi connectivity index (χ3v) is 3.59. The van der Waals surface area contributed by atoms with Gasteiger partial charge in [0.2, 0.25) is 0 Å². The predicted molar refractivity (Wildman–Crippen MR) is 87.6 cm³/mol. The molecule has 5 nitrogen and oxygen atoms in total. The van der Waals surface area contributed by atoms with Crippen LogP contribution in [0.25, 0.3) is 0 Å². The largest absolute Gasteiger partial charge is 0.478 e. The molecule has 0 atom stereocenters. The van der Waals surface area contributed by atoms with Gasteiger partial charge in [-0.3, -0.25) is 9.78 Å². The summed E-state index contributed by atoms with van der Waals surface area (Å²) in [5.41, 5.74) is 1.99. The molecule has 2 rings (SSSR count). The second kappa shape index (κ2) is 6.60. The van der Waals surface area contributed by atoms with E-state index in [0.29, 0.717) is 6.42 Å². The number of amides is 1. The molecule has 0 aliphatic rings. The van der Waals surface area contributed by atoms with Crippen LogP contribution in [0.4, 0.5) is 0 Å². The summed E-state index contributed by atoms with van der Waals surface area (Å²) in [6.45, 7) is 5.89. The first-order valence-corrected chi connectivity index (χ1v) is 7.35. The molecular formula is C18H20N2O3. The Labute approximate surface area is 135 Å². The van der Waals surface area contributed by atoms with Gasteiger partial charge in [-0.15, -0.1) is 0 Å². The van der Waals surface area contributed by atoms with Crippen molar-refractivity contribution in [3.05, 3.63) is 65.0 Å². The third kappa shape index (κ3) is 4.39. The molecule has 0 spiro atoms. The lowest BCUT2D eigenvalue weighted by Crippen LogP contribution is -2.45. The van der Waals surface area contributed by atoms with Crippen LogP contribution in [0.5, 0.6) is 0 Å². The first kappa shape index (κ1) is 16.7. The van der Waals surface area contributed by atoms with E-state index in [1.54, 1.807) is 0 Å². The highest BCUT2D eigenvalue weighted by Gasteiger charge is 2.23. The summed E-state index contributed by atoms with van der Waals surface area (Å²) in [7, 11) is 0. The number of carboxylic acids is 1. The molecule has 1 amide bonds. The number of pyridine rings is 1. The van der Waals surface area contributed by atoms with Crippen LogP contribution in [-0.2, 0) is 6.42 Å². The van der Waals surface area contributed by atoms with Gasteiger partial charge in [0.05, 0.1) is 5.56 Å². The second-order valence-corrected chi connectivity index (χ2v) is 6.18. The lowest BCUT2D eigenvalue weighted by atomic mass is 9.92. The van der Waals surface area contributed by atoms with Crippen molar-refractivity contribution in [2.24, 2.45) is 0 Å². The summed E-state index contributed by atoms with van der Waals surface area (Å²) in [5.74, 6) is -1.47. The normalized spacial score (nSPS) is 11.1. The number of carboxylic acid groups (broad SMARTS) is 1. The van der Waals surface area contributed by atoms with Crippen LogP contribution in [0, 0.1) is 6.92 Å². The smallest absolute Gasteiger partial charge is 0.335 e. The van der Waals surface area contributed by atoms with Gasteiger partial charge in [0.1, 0.15) is 5.69 Å². The van der Waals surface area contributed by atoms with Gasteiger partial charge in [-0.05, 0) is 50.5 Å². The van der Waals surface area contributed by atoms with E-state index in [0.717, 1.165) is 5.56 Å². The number of aromatic carboxylic acids is 1. The van der Waals surface area contributed by atoms with Crippen LogP contribution in [0.15, 0.2) is 42.6 Å². The topological polar surface area (TPSA) is 79.3 Å². The van der Waals surface area contributed by atoms with Gasteiger partial charge >= 0.3 is 5.97 Å². The van der Waals surface area contributed by atoms with Crippen molar-refractivity contribution in [3.63, 3.8) is 0 Å². The van der Waals surface area contributed by atoms with E-state index in [4.69, 9.17) is 5.11 Å². The lowest BCUT2D eigenvalue weighted by Gasteiger charge is -2.27. The molecule has 1 heterocycles. The summed E-state index contributed by atoms with van der Waals surface area (Å²) in [4.78, 5) is 27.3. The maximum Gasteiger partial charge on any atom is 0.335 e. The van der Waals surface area contributed by atoms with E-state index in [9.17, 15) is 9.59 Å². The fourth-order valence-electron chi connectivity index (χ4n) is 2.39. The van der Waals surface area contributed by atoms with Gasteiger partial charge in [-0.1, -0.05) is 24.3 Å². The van der Waals surface area contributed by atoms with Crippen LogP contribution < -0.4 is 5.32 Å². The average molecular weight is 312 g/mol.